The van der Waals surface area contributed by atoms with E-state index in [9.17, 15) is 22.4 Å². The number of hydrogen-bond acceptors (Lipinski definition) is 5. The zero-order valence-electron chi connectivity index (χ0n) is 21.4. The third-order valence-corrected chi connectivity index (χ3v) is 7.44. The Balaban J connectivity index is 2.42. The second-order valence-electron chi connectivity index (χ2n) is 8.47. The van der Waals surface area contributed by atoms with Crippen LogP contribution < -0.4 is 14.4 Å². The van der Waals surface area contributed by atoms with E-state index >= 15 is 0 Å². The Kier molecular flexibility index (Phi) is 10.7. The van der Waals surface area contributed by atoms with E-state index in [1.165, 1.54) is 38.2 Å². The van der Waals surface area contributed by atoms with Crippen molar-refractivity contribution in [1.82, 2.24) is 14.5 Å². The molecule has 0 aliphatic rings. The second-order valence-corrected chi connectivity index (χ2v) is 10.5. The van der Waals surface area contributed by atoms with E-state index in [0.717, 1.165) is 33.6 Å². The van der Waals surface area contributed by atoms with Crippen LogP contribution in [0.15, 0.2) is 48.5 Å². The molecule has 1 atom stereocenters. The van der Waals surface area contributed by atoms with Crippen LogP contribution in [0.3, 0.4) is 0 Å². The van der Waals surface area contributed by atoms with E-state index in [1.807, 2.05) is 6.92 Å². The number of amides is 2. The molecule has 2 rings (SSSR count). The summed E-state index contributed by atoms with van der Waals surface area (Å²) in [6, 6.07) is 11.0. The van der Waals surface area contributed by atoms with Gasteiger partial charge in [-0.1, -0.05) is 25.5 Å². The number of hydrogen-bond donors (Lipinski definition) is 1. The zero-order chi connectivity index (χ0) is 26.9. The number of benzene rings is 2. The van der Waals surface area contributed by atoms with Gasteiger partial charge in [0.05, 0.1) is 12.8 Å². The summed E-state index contributed by atoms with van der Waals surface area (Å²) in [5.74, 6) is -0.887. The van der Waals surface area contributed by atoms with Crippen LogP contribution in [0.2, 0.25) is 0 Å². The summed E-state index contributed by atoms with van der Waals surface area (Å²) in [5.41, 5.74) is 0.833. The van der Waals surface area contributed by atoms with E-state index in [2.05, 4.69) is 5.32 Å². The summed E-state index contributed by atoms with van der Waals surface area (Å²) in [6.45, 7) is 3.55. The first kappa shape index (κ1) is 29.1. The predicted octanol–water partition coefficient (Wildman–Crippen LogP) is 2.78. The van der Waals surface area contributed by atoms with Crippen molar-refractivity contribution in [2.24, 2.45) is 0 Å². The van der Waals surface area contributed by atoms with Crippen LogP contribution in [-0.4, -0.2) is 69.8 Å². The fourth-order valence-electron chi connectivity index (χ4n) is 3.41. The fourth-order valence-corrected chi connectivity index (χ4v) is 4.47. The van der Waals surface area contributed by atoms with Gasteiger partial charge in [0.1, 0.15) is 24.2 Å². The maximum absolute atomic E-state index is 13.6. The van der Waals surface area contributed by atoms with Crippen LogP contribution in [0.25, 0.3) is 0 Å². The molecule has 0 saturated carbocycles. The van der Waals surface area contributed by atoms with Crippen LogP contribution in [0, 0.1) is 5.82 Å². The van der Waals surface area contributed by atoms with Gasteiger partial charge in [-0.15, -0.1) is 0 Å². The van der Waals surface area contributed by atoms with Crippen molar-refractivity contribution in [2.75, 3.05) is 38.6 Å². The second kappa shape index (κ2) is 13.2. The number of halogens is 1. The lowest BCUT2D eigenvalue weighted by molar-refractivity contribution is -0.139. The molecule has 2 aromatic rings. The van der Waals surface area contributed by atoms with Crippen molar-refractivity contribution in [1.29, 1.82) is 0 Å². The lowest BCUT2D eigenvalue weighted by atomic mass is 10.1. The van der Waals surface area contributed by atoms with Gasteiger partial charge in [0.25, 0.3) is 0 Å². The number of rotatable bonds is 13. The van der Waals surface area contributed by atoms with Gasteiger partial charge >= 0.3 is 10.2 Å². The molecule has 0 aromatic heterocycles. The van der Waals surface area contributed by atoms with Crippen molar-refractivity contribution in [3.05, 3.63) is 59.9 Å². The SMILES string of the molecule is CCCCNC(=O)[C@H](C)N(Cc1cccc(OC)c1)C(=O)CN(c1ccc(F)cc1)S(=O)(=O)N(C)C. The molecule has 0 fully saturated rings. The van der Waals surface area contributed by atoms with Gasteiger partial charge in [0.2, 0.25) is 11.8 Å². The molecule has 0 bridgehead atoms. The molecule has 11 heteroatoms. The van der Waals surface area contributed by atoms with E-state index in [0.29, 0.717) is 17.9 Å². The molecule has 0 unspecified atom stereocenters. The minimum atomic E-state index is -4.10. The van der Waals surface area contributed by atoms with Crippen molar-refractivity contribution in [3.63, 3.8) is 0 Å². The minimum Gasteiger partial charge on any atom is -0.497 e. The van der Waals surface area contributed by atoms with Gasteiger partial charge in [-0.05, 0) is 55.3 Å². The summed E-state index contributed by atoms with van der Waals surface area (Å²) in [4.78, 5) is 27.8. The molecule has 198 valence electrons. The summed E-state index contributed by atoms with van der Waals surface area (Å²) in [6.07, 6.45) is 1.69. The normalized spacial score (nSPS) is 12.2. The van der Waals surface area contributed by atoms with Gasteiger partial charge in [-0.3, -0.25) is 9.59 Å². The highest BCUT2D eigenvalue weighted by Crippen LogP contribution is 2.22. The number of unbranched alkanes of at least 4 members (excludes halogenated alkanes) is 1. The Morgan fingerprint density at radius 1 is 1.11 bits per heavy atom. The Morgan fingerprint density at radius 3 is 2.36 bits per heavy atom. The summed E-state index contributed by atoms with van der Waals surface area (Å²) in [7, 11) is 0.105. The molecule has 9 nitrogen and oxygen atoms in total. The molecule has 0 radical (unpaired) electrons. The topological polar surface area (TPSA) is 99.3 Å². The molecule has 36 heavy (non-hydrogen) atoms. The average molecular weight is 523 g/mol. The molecule has 2 aromatic carbocycles. The molecular formula is C25H35FN4O5S. The highest BCUT2D eigenvalue weighted by Gasteiger charge is 2.32. The Morgan fingerprint density at radius 2 is 1.78 bits per heavy atom. The molecule has 2 amide bonds. The monoisotopic (exact) mass is 522 g/mol. The molecule has 0 heterocycles. The summed E-state index contributed by atoms with van der Waals surface area (Å²) >= 11 is 0. The van der Waals surface area contributed by atoms with Crippen LogP contribution in [-0.2, 0) is 26.3 Å². The minimum absolute atomic E-state index is 0.0532. The predicted molar refractivity (Wildman–Crippen MR) is 137 cm³/mol. The van der Waals surface area contributed by atoms with Gasteiger partial charge < -0.3 is 15.0 Å². The molecule has 1 N–H and O–H groups in total. The Hall–Kier alpha value is -3.18. The van der Waals surface area contributed by atoms with E-state index in [1.54, 1.807) is 31.2 Å². The van der Waals surface area contributed by atoms with Gasteiger partial charge in [-0.2, -0.15) is 12.7 Å². The quantitative estimate of drug-likeness (QED) is 0.408. The standard InChI is InChI=1S/C25H35FN4O5S/c1-6-7-15-27-25(32)19(2)29(17-20-9-8-10-23(16-20)35-5)24(31)18-30(36(33,34)28(3)4)22-13-11-21(26)12-14-22/h8-14,16,19H,6-7,15,17-18H2,1-5H3,(H,27,32)/t19-/m0/s1. The number of ether oxygens (including phenoxy) is 1. The summed E-state index contributed by atoms with van der Waals surface area (Å²) < 4.78 is 46.8. The van der Waals surface area contributed by atoms with Crippen molar-refractivity contribution in [2.45, 2.75) is 39.3 Å². The molecule has 0 saturated heterocycles. The third kappa shape index (κ3) is 7.66. The van der Waals surface area contributed by atoms with Crippen molar-refractivity contribution < 1.29 is 27.1 Å². The number of nitrogens with zero attached hydrogens (tertiary/aromatic N) is 3. The maximum atomic E-state index is 13.6. The first-order valence-corrected chi connectivity index (χ1v) is 13.1. The van der Waals surface area contributed by atoms with E-state index < -0.39 is 34.5 Å². The maximum Gasteiger partial charge on any atom is 0.304 e. The lowest BCUT2D eigenvalue weighted by Gasteiger charge is -2.32. The zero-order valence-corrected chi connectivity index (χ0v) is 22.2. The van der Waals surface area contributed by atoms with Gasteiger partial charge in [0, 0.05) is 27.2 Å². The molecule has 0 aliphatic carbocycles. The van der Waals surface area contributed by atoms with Gasteiger partial charge in [-0.25, -0.2) is 8.70 Å². The highest BCUT2D eigenvalue weighted by molar-refractivity contribution is 7.90. The number of anilines is 1. The fraction of sp³-hybridized carbons (Fsp3) is 0.440. The largest absolute Gasteiger partial charge is 0.497 e. The average Bonchev–Trinajstić information content (AvgIpc) is 2.86. The number of carbonyl (C=O) groups excluding carboxylic acids is 2. The van der Waals surface area contributed by atoms with Crippen molar-refractivity contribution in [3.8, 4) is 5.75 Å². The first-order valence-electron chi connectivity index (χ1n) is 11.7. The number of nitrogens with one attached hydrogen (secondary N) is 1. The van der Waals surface area contributed by atoms with Gasteiger partial charge in [0.15, 0.2) is 0 Å². The molecule has 0 spiro atoms. The Labute approximate surface area is 213 Å². The van der Waals surface area contributed by atoms with Crippen LogP contribution in [0.4, 0.5) is 10.1 Å². The molecule has 0 aliphatic heterocycles. The van der Waals surface area contributed by atoms with Crippen LogP contribution in [0.5, 0.6) is 5.75 Å². The first-order chi connectivity index (χ1) is 17.0. The summed E-state index contributed by atoms with van der Waals surface area (Å²) in [5, 5.41) is 2.83. The Bertz CT molecular complexity index is 1130. The smallest absolute Gasteiger partial charge is 0.304 e. The van der Waals surface area contributed by atoms with Crippen LogP contribution >= 0.6 is 0 Å². The van der Waals surface area contributed by atoms with Crippen molar-refractivity contribution >= 4 is 27.7 Å². The van der Waals surface area contributed by atoms with Crippen LogP contribution in [0.1, 0.15) is 32.3 Å². The number of carbonyl (C=O) groups is 2. The number of methoxy groups -OCH3 is 1. The third-order valence-electron chi connectivity index (χ3n) is 5.62. The lowest BCUT2D eigenvalue weighted by Crippen LogP contribution is -2.52. The van der Waals surface area contributed by atoms with E-state index in [4.69, 9.17) is 4.74 Å². The highest BCUT2D eigenvalue weighted by atomic mass is 32.2. The molecular weight excluding hydrogens is 487 g/mol. The van der Waals surface area contributed by atoms with E-state index in [-0.39, 0.29) is 18.1 Å².